The van der Waals surface area contributed by atoms with Crippen molar-refractivity contribution < 1.29 is 0 Å². The minimum Gasteiger partial charge on any atom is -0.232 e. The molecule has 4 aromatic rings. The van der Waals surface area contributed by atoms with E-state index in [0.717, 1.165) is 33.5 Å². The molecule has 0 atom stereocenters. The highest BCUT2D eigenvalue weighted by molar-refractivity contribution is 7.13. The van der Waals surface area contributed by atoms with Crippen LogP contribution in [0.4, 0.5) is 0 Å². The third kappa shape index (κ3) is 3.22. The van der Waals surface area contributed by atoms with Crippen molar-refractivity contribution in [3.63, 3.8) is 0 Å². The van der Waals surface area contributed by atoms with Gasteiger partial charge in [0.1, 0.15) is 5.82 Å². The van der Waals surface area contributed by atoms with Gasteiger partial charge in [0, 0.05) is 26.8 Å². The van der Waals surface area contributed by atoms with E-state index in [1.54, 1.807) is 11.3 Å². The number of thiophene rings is 1. The summed E-state index contributed by atoms with van der Waals surface area (Å²) in [6.07, 6.45) is 0. The van der Waals surface area contributed by atoms with Gasteiger partial charge in [0.05, 0.1) is 22.8 Å². The maximum absolute atomic E-state index is 9.12. The molecule has 0 unspecified atom stereocenters. The summed E-state index contributed by atoms with van der Waals surface area (Å²) < 4.78 is 0. The van der Waals surface area contributed by atoms with Gasteiger partial charge < -0.3 is 0 Å². The third-order valence-corrected chi connectivity index (χ3v) is 5.37. The van der Waals surface area contributed by atoms with Crippen LogP contribution in [0.5, 0.6) is 0 Å². The van der Waals surface area contributed by atoms with Crippen LogP contribution in [0.1, 0.15) is 32.2 Å². The number of fused-ring (bicyclic) bond motifs is 1. The van der Waals surface area contributed by atoms with Crippen LogP contribution >= 0.6 is 11.3 Å². The molecule has 0 saturated carbocycles. The molecule has 0 fully saturated rings. The van der Waals surface area contributed by atoms with Gasteiger partial charge in [0.25, 0.3) is 0 Å². The molecule has 4 heteroatoms. The van der Waals surface area contributed by atoms with E-state index in [2.05, 4.69) is 62.6 Å². The van der Waals surface area contributed by atoms with Crippen LogP contribution in [0.15, 0.2) is 60.0 Å². The lowest BCUT2D eigenvalue weighted by Gasteiger charge is -2.20. The van der Waals surface area contributed by atoms with Crippen LogP contribution in [0.2, 0.25) is 0 Å². The van der Waals surface area contributed by atoms with Gasteiger partial charge in [-0.1, -0.05) is 51.1 Å². The first-order valence-corrected chi connectivity index (χ1v) is 9.71. The number of nitrogens with zero attached hydrogens (tertiary/aromatic N) is 3. The number of aromatic nitrogens is 2. The smallest absolute Gasteiger partial charge is 0.135 e. The lowest BCUT2D eigenvalue weighted by Crippen LogP contribution is -2.16. The highest BCUT2D eigenvalue weighted by atomic mass is 32.1. The van der Waals surface area contributed by atoms with Crippen LogP contribution in [-0.4, -0.2) is 9.97 Å². The fraction of sp³-hybridized carbons (Fsp3) is 0.174. The Morgan fingerprint density at radius 1 is 0.926 bits per heavy atom. The zero-order valence-electron chi connectivity index (χ0n) is 15.5. The Bertz CT molecular complexity index is 1150. The van der Waals surface area contributed by atoms with E-state index in [-0.39, 0.29) is 5.41 Å². The van der Waals surface area contributed by atoms with E-state index in [1.165, 1.54) is 4.88 Å². The van der Waals surface area contributed by atoms with E-state index in [1.807, 2.05) is 24.3 Å². The van der Waals surface area contributed by atoms with Crippen LogP contribution < -0.4 is 0 Å². The Kier molecular flexibility index (Phi) is 4.25. The molecule has 132 valence electrons. The maximum Gasteiger partial charge on any atom is 0.135 e. The molecule has 3 nitrogen and oxygen atoms in total. The molecule has 0 aliphatic heterocycles. The van der Waals surface area contributed by atoms with E-state index in [0.29, 0.717) is 5.56 Å². The lowest BCUT2D eigenvalue weighted by molar-refractivity contribution is 0.549. The zero-order valence-corrected chi connectivity index (χ0v) is 16.3. The van der Waals surface area contributed by atoms with E-state index < -0.39 is 0 Å². The van der Waals surface area contributed by atoms with Crippen molar-refractivity contribution in [1.82, 2.24) is 9.97 Å². The van der Waals surface area contributed by atoms with E-state index >= 15 is 0 Å². The molecule has 0 bridgehead atoms. The molecule has 0 amide bonds. The topological polar surface area (TPSA) is 49.6 Å². The lowest BCUT2D eigenvalue weighted by atomic mass is 9.93. The SMILES string of the molecule is CC(C)(C)c1nc(-c2ccc(C#N)cc2)c2c(-c3cccs3)cccc2n1. The van der Waals surface area contributed by atoms with Gasteiger partial charge in [0.2, 0.25) is 0 Å². The monoisotopic (exact) mass is 369 g/mol. The normalized spacial score (nSPS) is 11.5. The second-order valence-corrected chi connectivity index (χ2v) is 8.46. The summed E-state index contributed by atoms with van der Waals surface area (Å²) >= 11 is 1.71. The third-order valence-electron chi connectivity index (χ3n) is 4.47. The molecule has 0 aliphatic rings. The summed E-state index contributed by atoms with van der Waals surface area (Å²) in [7, 11) is 0. The molecule has 0 aliphatic carbocycles. The average molecular weight is 369 g/mol. The Morgan fingerprint density at radius 3 is 2.33 bits per heavy atom. The van der Waals surface area contributed by atoms with Gasteiger partial charge in [0.15, 0.2) is 0 Å². The predicted molar refractivity (Wildman–Crippen MR) is 112 cm³/mol. The molecule has 2 aromatic carbocycles. The minimum absolute atomic E-state index is 0.158. The number of rotatable bonds is 2. The first kappa shape index (κ1) is 17.4. The Hall–Kier alpha value is -3.03. The fourth-order valence-corrected chi connectivity index (χ4v) is 3.83. The molecule has 4 rings (SSSR count). The van der Waals surface area contributed by atoms with Crippen LogP contribution in [-0.2, 0) is 5.41 Å². The number of nitriles is 1. The predicted octanol–water partition coefficient (Wildman–Crippen LogP) is 6.19. The molecule has 27 heavy (non-hydrogen) atoms. The van der Waals surface area contributed by atoms with Crippen molar-refractivity contribution in [3.8, 4) is 27.8 Å². The van der Waals surface area contributed by atoms with Crippen LogP contribution in [0, 0.1) is 11.3 Å². The fourth-order valence-electron chi connectivity index (χ4n) is 3.07. The second kappa shape index (κ2) is 6.61. The molecular formula is C23H19N3S. The number of hydrogen-bond donors (Lipinski definition) is 0. The molecular weight excluding hydrogens is 350 g/mol. The van der Waals surface area contributed by atoms with Crippen LogP contribution in [0.3, 0.4) is 0 Å². The van der Waals surface area contributed by atoms with Crippen molar-refractivity contribution in [2.45, 2.75) is 26.2 Å². The van der Waals surface area contributed by atoms with Crippen molar-refractivity contribution in [3.05, 3.63) is 71.4 Å². The summed E-state index contributed by atoms with van der Waals surface area (Å²) in [4.78, 5) is 11.1. The van der Waals surface area contributed by atoms with Gasteiger partial charge in [-0.05, 0) is 29.6 Å². The minimum atomic E-state index is -0.158. The standard InChI is InChI=1S/C23H19N3S/c1-23(2,3)22-25-18-7-4-6-17(19-8-5-13-27-19)20(18)21(26-22)16-11-9-15(14-24)10-12-16/h4-13H,1-3H3. The summed E-state index contributed by atoms with van der Waals surface area (Å²) in [5, 5.41) is 12.3. The van der Waals surface area contributed by atoms with Crippen molar-refractivity contribution >= 4 is 22.2 Å². The van der Waals surface area contributed by atoms with Crippen LogP contribution in [0.25, 0.3) is 32.6 Å². The molecule has 0 radical (unpaired) electrons. The Balaban J connectivity index is 2.08. The van der Waals surface area contributed by atoms with Crippen molar-refractivity contribution in [2.24, 2.45) is 0 Å². The molecule has 0 N–H and O–H groups in total. The van der Waals surface area contributed by atoms with Gasteiger partial charge in [-0.3, -0.25) is 0 Å². The Morgan fingerprint density at radius 2 is 1.70 bits per heavy atom. The van der Waals surface area contributed by atoms with Gasteiger partial charge in [-0.2, -0.15) is 5.26 Å². The summed E-state index contributed by atoms with van der Waals surface area (Å²) in [6, 6.07) is 20.2. The number of benzene rings is 2. The quantitative estimate of drug-likeness (QED) is 0.423. The van der Waals surface area contributed by atoms with E-state index in [4.69, 9.17) is 15.2 Å². The maximum atomic E-state index is 9.12. The first-order valence-electron chi connectivity index (χ1n) is 8.83. The average Bonchev–Trinajstić information content (AvgIpc) is 3.20. The van der Waals surface area contributed by atoms with Gasteiger partial charge in [-0.25, -0.2) is 9.97 Å². The summed E-state index contributed by atoms with van der Waals surface area (Å²) in [5.74, 6) is 0.817. The van der Waals surface area contributed by atoms with Gasteiger partial charge in [-0.15, -0.1) is 11.3 Å². The number of hydrogen-bond acceptors (Lipinski definition) is 4. The second-order valence-electron chi connectivity index (χ2n) is 7.51. The molecule has 0 spiro atoms. The highest BCUT2D eigenvalue weighted by Gasteiger charge is 2.22. The van der Waals surface area contributed by atoms with Crippen molar-refractivity contribution in [1.29, 1.82) is 5.26 Å². The van der Waals surface area contributed by atoms with E-state index in [9.17, 15) is 0 Å². The highest BCUT2D eigenvalue weighted by Crippen LogP contribution is 2.37. The van der Waals surface area contributed by atoms with Gasteiger partial charge >= 0.3 is 0 Å². The zero-order chi connectivity index (χ0) is 19.0. The molecule has 2 heterocycles. The first-order chi connectivity index (χ1) is 13.0. The summed E-state index contributed by atoms with van der Waals surface area (Å²) in [5.41, 5.74) is 4.48. The molecule has 2 aromatic heterocycles. The Labute approximate surface area is 163 Å². The van der Waals surface area contributed by atoms with Crippen molar-refractivity contribution in [2.75, 3.05) is 0 Å². The molecule has 0 saturated heterocycles. The largest absolute Gasteiger partial charge is 0.232 e. The summed E-state index contributed by atoms with van der Waals surface area (Å²) in [6.45, 7) is 6.37.